The summed E-state index contributed by atoms with van der Waals surface area (Å²) in [5.41, 5.74) is 2.60. The zero-order chi connectivity index (χ0) is 17.4. The molecule has 124 valence electrons. The van der Waals surface area contributed by atoms with Gasteiger partial charge in [-0.1, -0.05) is 29.8 Å². The van der Waals surface area contributed by atoms with Crippen molar-refractivity contribution in [2.45, 2.75) is 6.92 Å². The van der Waals surface area contributed by atoms with Crippen molar-refractivity contribution >= 4 is 44.7 Å². The zero-order valence-corrected chi connectivity index (χ0v) is 14.9. The summed E-state index contributed by atoms with van der Waals surface area (Å²) in [7, 11) is 0. The average Bonchev–Trinajstić information content (AvgIpc) is 3.19. The van der Waals surface area contributed by atoms with Crippen LogP contribution in [0.3, 0.4) is 0 Å². The molecule has 0 radical (unpaired) electrons. The van der Waals surface area contributed by atoms with Crippen LogP contribution in [0.4, 0.5) is 5.69 Å². The molecule has 0 bridgehead atoms. The number of aromatic nitrogens is 2. The first-order chi connectivity index (χ1) is 12.1. The molecule has 0 unspecified atom stereocenters. The highest BCUT2D eigenvalue weighted by molar-refractivity contribution is 7.20. The smallest absolute Gasteiger partial charge is 0.265 e. The first-order valence-corrected chi connectivity index (χ1v) is 8.93. The molecule has 6 heteroatoms. The second kappa shape index (κ2) is 6.35. The predicted octanol–water partition coefficient (Wildman–Crippen LogP) is 5.30. The molecular formula is C19H14ClN3OS. The number of nitrogens with one attached hydrogen (secondary N) is 1. The molecule has 2 aromatic carbocycles. The van der Waals surface area contributed by atoms with Gasteiger partial charge in [0.1, 0.15) is 4.83 Å². The second-order valence-electron chi connectivity index (χ2n) is 5.62. The number of halogens is 1. The van der Waals surface area contributed by atoms with Gasteiger partial charge >= 0.3 is 0 Å². The van der Waals surface area contributed by atoms with Crippen LogP contribution in [0.25, 0.3) is 15.9 Å². The van der Waals surface area contributed by atoms with E-state index in [1.807, 2.05) is 48.0 Å². The molecule has 1 amide bonds. The summed E-state index contributed by atoms with van der Waals surface area (Å²) in [4.78, 5) is 14.2. The quantitative estimate of drug-likeness (QED) is 0.534. The third-order valence-electron chi connectivity index (χ3n) is 3.87. The summed E-state index contributed by atoms with van der Waals surface area (Å²) >= 11 is 7.31. The molecule has 4 aromatic rings. The van der Waals surface area contributed by atoms with Crippen LogP contribution in [0.15, 0.2) is 60.7 Å². The molecule has 0 spiro atoms. The van der Waals surface area contributed by atoms with Gasteiger partial charge in [-0.15, -0.1) is 11.3 Å². The van der Waals surface area contributed by atoms with Gasteiger partial charge in [-0.2, -0.15) is 5.10 Å². The summed E-state index contributed by atoms with van der Waals surface area (Å²) in [5, 5.41) is 9.13. The molecule has 2 aromatic heterocycles. The number of para-hydroxylation sites is 1. The van der Waals surface area contributed by atoms with E-state index in [9.17, 15) is 4.79 Å². The topological polar surface area (TPSA) is 46.9 Å². The minimum Gasteiger partial charge on any atom is -0.321 e. The van der Waals surface area contributed by atoms with Crippen molar-refractivity contribution in [3.63, 3.8) is 0 Å². The van der Waals surface area contributed by atoms with Gasteiger partial charge in [-0.3, -0.25) is 4.79 Å². The Kier molecular flexibility index (Phi) is 4.03. The minimum atomic E-state index is -0.137. The molecule has 4 nitrogen and oxygen atoms in total. The van der Waals surface area contributed by atoms with Gasteiger partial charge in [0.15, 0.2) is 0 Å². The Balaban J connectivity index is 1.69. The molecule has 0 fully saturated rings. The Morgan fingerprint density at radius 3 is 2.56 bits per heavy atom. The van der Waals surface area contributed by atoms with E-state index in [4.69, 9.17) is 11.6 Å². The summed E-state index contributed by atoms with van der Waals surface area (Å²) in [6.07, 6.45) is 0. The Labute approximate surface area is 153 Å². The van der Waals surface area contributed by atoms with Crippen molar-refractivity contribution in [3.05, 3.63) is 76.3 Å². The number of hydrogen-bond donors (Lipinski definition) is 1. The number of rotatable bonds is 3. The number of amides is 1. The molecule has 1 N–H and O–H groups in total. The van der Waals surface area contributed by atoms with Gasteiger partial charge in [0.2, 0.25) is 0 Å². The maximum atomic E-state index is 12.6. The zero-order valence-electron chi connectivity index (χ0n) is 13.4. The van der Waals surface area contributed by atoms with Crippen molar-refractivity contribution in [2.24, 2.45) is 0 Å². The van der Waals surface area contributed by atoms with E-state index >= 15 is 0 Å². The molecule has 25 heavy (non-hydrogen) atoms. The maximum Gasteiger partial charge on any atom is 0.265 e. The first-order valence-electron chi connectivity index (χ1n) is 7.73. The molecule has 4 rings (SSSR count). The van der Waals surface area contributed by atoms with Crippen LogP contribution in [-0.2, 0) is 0 Å². The normalized spacial score (nSPS) is 11.0. The van der Waals surface area contributed by atoms with Crippen LogP contribution in [0, 0.1) is 6.92 Å². The number of thiophene rings is 1. The summed E-state index contributed by atoms with van der Waals surface area (Å²) < 4.78 is 1.88. The number of carbonyl (C=O) groups is 1. The maximum absolute atomic E-state index is 12.6. The van der Waals surface area contributed by atoms with E-state index in [1.54, 1.807) is 24.3 Å². The van der Waals surface area contributed by atoms with Crippen LogP contribution in [0.5, 0.6) is 0 Å². The van der Waals surface area contributed by atoms with Gasteiger partial charge in [-0.25, -0.2) is 4.68 Å². The monoisotopic (exact) mass is 367 g/mol. The summed E-state index contributed by atoms with van der Waals surface area (Å²) in [6, 6.07) is 18.9. The van der Waals surface area contributed by atoms with E-state index in [0.717, 1.165) is 21.6 Å². The molecular weight excluding hydrogens is 354 g/mol. The lowest BCUT2D eigenvalue weighted by Gasteiger charge is -2.03. The summed E-state index contributed by atoms with van der Waals surface area (Å²) in [5.74, 6) is -0.137. The number of nitrogens with zero attached hydrogens (tertiary/aromatic N) is 2. The van der Waals surface area contributed by atoms with Crippen LogP contribution in [-0.4, -0.2) is 15.7 Å². The third-order valence-corrected chi connectivity index (χ3v) is 5.23. The van der Waals surface area contributed by atoms with Gasteiger partial charge in [0, 0.05) is 16.1 Å². The van der Waals surface area contributed by atoms with Crippen LogP contribution in [0.2, 0.25) is 5.02 Å². The van der Waals surface area contributed by atoms with Gasteiger partial charge in [-0.05, 0) is 49.4 Å². The third kappa shape index (κ3) is 3.04. The van der Waals surface area contributed by atoms with E-state index < -0.39 is 0 Å². The highest BCUT2D eigenvalue weighted by Gasteiger charge is 2.17. The number of carbonyl (C=O) groups excluding carboxylic acids is 1. The lowest BCUT2D eigenvalue weighted by atomic mass is 10.3. The SMILES string of the molecule is Cc1nn(-c2ccccc2)c2sc(C(=O)Nc3ccc(Cl)cc3)cc12. The van der Waals surface area contributed by atoms with E-state index in [1.165, 1.54) is 11.3 Å². The van der Waals surface area contributed by atoms with E-state index in [-0.39, 0.29) is 5.91 Å². The van der Waals surface area contributed by atoms with E-state index in [0.29, 0.717) is 15.6 Å². The minimum absolute atomic E-state index is 0.137. The Hall–Kier alpha value is -2.63. The van der Waals surface area contributed by atoms with Crippen LogP contribution < -0.4 is 5.32 Å². The fourth-order valence-corrected chi connectivity index (χ4v) is 3.83. The van der Waals surface area contributed by atoms with Crippen molar-refractivity contribution < 1.29 is 4.79 Å². The molecule has 0 aliphatic carbocycles. The van der Waals surface area contributed by atoms with E-state index in [2.05, 4.69) is 10.4 Å². The number of hydrogen-bond acceptors (Lipinski definition) is 3. The second-order valence-corrected chi connectivity index (χ2v) is 7.09. The molecule has 2 heterocycles. The van der Waals surface area contributed by atoms with Crippen molar-refractivity contribution in [1.29, 1.82) is 0 Å². The van der Waals surface area contributed by atoms with Crippen LogP contribution in [0.1, 0.15) is 15.4 Å². The first kappa shape index (κ1) is 15.9. The number of anilines is 1. The number of aryl methyl sites for hydroxylation is 1. The Morgan fingerprint density at radius 1 is 1.12 bits per heavy atom. The molecule has 0 saturated carbocycles. The Bertz CT molecular complexity index is 1050. The predicted molar refractivity (Wildman–Crippen MR) is 103 cm³/mol. The van der Waals surface area contributed by atoms with Crippen LogP contribution >= 0.6 is 22.9 Å². The lowest BCUT2D eigenvalue weighted by molar-refractivity contribution is 0.103. The van der Waals surface area contributed by atoms with Crippen molar-refractivity contribution in [1.82, 2.24) is 9.78 Å². The van der Waals surface area contributed by atoms with Gasteiger partial charge < -0.3 is 5.32 Å². The highest BCUT2D eigenvalue weighted by Crippen LogP contribution is 2.30. The largest absolute Gasteiger partial charge is 0.321 e. The standard InChI is InChI=1S/C19H14ClN3OS/c1-12-16-11-17(18(24)21-14-9-7-13(20)8-10-14)25-19(16)23(22-12)15-5-3-2-4-6-15/h2-11H,1H3,(H,21,24). The van der Waals surface area contributed by atoms with Gasteiger partial charge in [0.25, 0.3) is 5.91 Å². The van der Waals surface area contributed by atoms with Gasteiger partial charge in [0.05, 0.1) is 16.3 Å². The molecule has 0 saturated heterocycles. The van der Waals surface area contributed by atoms with Crippen molar-refractivity contribution in [3.8, 4) is 5.69 Å². The fourth-order valence-electron chi connectivity index (χ4n) is 2.63. The number of fused-ring (bicyclic) bond motifs is 1. The fraction of sp³-hybridized carbons (Fsp3) is 0.0526. The average molecular weight is 368 g/mol. The van der Waals surface area contributed by atoms with Crippen molar-refractivity contribution in [2.75, 3.05) is 5.32 Å². The molecule has 0 aliphatic rings. The molecule has 0 aliphatic heterocycles. The lowest BCUT2D eigenvalue weighted by Crippen LogP contribution is -2.09. The number of benzene rings is 2. The molecule has 0 atom stereocenters. The highest BCUT2D eigenvalue weighted by atomic mass is 35.5. The Morgan fingerprint density at radius 2 is 1.84 bits per heavy atom. The summed E-state index contributed by atoms with van der Waals surface area (Å²) in [6.45, 7) is 1.95.